The van der Waals surface area contributed by atoms with E-state index in [-0.39, 0.29) is 12.1 Å². The van der Waals surface area contributed by atoms with Crippen molar-refractivity contribution in [3.8, 4) is 11.1 Å². The second kappa shape index (κ2) is 9.38. The third-order valence-corrected chi connectivity index (χ3v) is 7.15. The number of hydrazone groups is 1. The summed E-state index contributed by atoms with van der Waals surface area (Å²) in [6.45, 7) is 3.95. The first-order valence-corrected chi connectivity index (χ1v) is 11.5. The highest BCUT2D eigenvalue weighted by molar-refractivity contribution is 7.15. The number of thiophene rings is 1. The summed E-state index contributed by atoms with van der Waals surface area (Å²) in [5, 5.41) is 25.9. The number of carbonyl (C=O) groups excluding carboxylic acids is 1. The predicted octanol–water partition coefficient (Wildman–Crippen LogP) is 4.51. The number of rotatable bonds is 6. The van der Waals surface area contributed by atoms with Crippen LogP contribution in [0.2, 0.25) is 0 Å². The summed E-state index contributed by atoms with van der Waals surface area (Å²) in [5.41, 5.74) is 7.38. The van der Waals surface area contributed by atoms with E-state index in [0.717, 1.165) is 53.2 Å². The Kier molecular flexibility index (Phi) is 6.38. The molecule has 0 atom stereocenters. The zero-order valence-corrected chi connectivity index (χ0v) is 19.2. The lowest BCUT2D eigenvalue weighted by molar-refractivity contribution is -0.385. The number of nitro benzene ring substituents is 1. The highest BCUT2D eigenvalue weighted by atomic mass is 32.1. The molecule has 0 bridgehead atoms. The van der Waals surface area contributed by atoms with Gasteiger partial charge in [-0.15, -0.1) is 11.3 Å². The van der Waals surface area contributed by atoms with Crippen molar-refractivity contribution in [2.24, 2.45) is 5.10 Å². The minimum atomic E-state index is -0.501. The minimum Gasteiger partial charge on any atom is -0.308 e. The Morgan fingerprint density at radius 2 is 2.09 bits per heavy atom. The van der Waals surface area contributed by atoms with Crippen molar-refractivity contribution >= 4 is 29.1 Å². The molecular formula is C24H23N5O3S. The van der Waals surface area contributed by atoms with E-state index in [1.165, 1.54) is 16.5 Å². The normalized spacial score (nSPS) is 13.0. The molecule has 1 aliphatic rings. The molecule has 1 aromatic carbocycles. The van der Waals surface area contributed by atoms with Crippen LogP contribution in [-0.2, 0) is 24.1 Å². The number of benzene rings is 1. The Hall–Kier alpha value is -3.77. The number of nitrogens with zero attached hydrogens (tertiary/aromatic N) is 4. The van der Waals surface area contributed by atoms with E-state index in [0.29, 0.717) is 5.56 Å². The van der Waals surface area contributed by atoms with Crippen molar-refractivity contribution in [3.63, 3.8) is 0 Å². The molecule has 168 valence electrons. The summed E-state index contributed by atoms with van der Waals surface area (Å²) in [4.78, 5) is 24.2. The number of nitro groups is 1. The molecule has 8 nitrogen and oxygen atoms in total. The number of para-hydroxylation sites is 1. The fourth-order valence-electron chi connectivity index (χ4n) is 4.28. The SMILES string of the molecule is Cc1cc(/C=N/NC(=O)Cc2ccccc2[N+](=O)[O-])c(C)n1-c1sc2c(c1C#N)CCCC2. The summed E-state index contributed by atoms with van der Waals surface area (Å²) in [6, 6.07) is 10.5. The summed E-state index contributed by atoms with van der Waals surface area (Å²) < 4.78 is 2.08. The van der Waals surface area contributed by atoms with E-state index in [2.05, 4.69) is 21.2 Å². The maximum absolute atomic E-state index is 12.3. The lowest BCUT2D eigenvalue weighted by Crippen LogP contribution is -2.20. The Labute approximate surface area is 195 Å². The van der Waals surface area contributed by atoms with Crippen molar-refractivity contribution in [1.82, 2.24) is 9.99 Å². The van der Waals surface area contributed by atoms with Crippen molar-refractivity contribution in [3.05, 3.63) is 79.0 Å². The Morgan fingerprint density at radius 3 is 2.85 bits per heavy atom. The Morgan fingerprint density at radius 1 is 1.33 bits per heavy atom. The van der Waals surface area contributed by atoms with Crippen LogP contribution < -0.4 is 5.43 Å². The molecule has 0 spiro atoms. The first-order chi connectivity index (χ1) is 15.9. The first kappa shape index (κ1) is 22.4. The molecule has 2 aromatic heterocycles. The van der Waals surface area contributed by atoms with Crippen LogP contribution in [0.4, 0.5) is 5.69 Å². The van der Waals surface area contributed by atoms with E-state index >= 15 is 0 Å². The number of carbonyl (C=O) groups is 1. The topological polar surface area (TPSA) is 113 Å². The van der Waals surface area contributed by atoms with E-state index < -0.39 is 10.8 Å². The predicted molar refractivity (Wildman–Crippen MR) is 127 cm³/mol. The van der Waals surface area contributed by atoms with Gasteiger partial charge < -0.3 is 4.57 Å². The van der Waals surface area contributed by atoms with E-state index in [4.69, 9.17) is 0 Å². The van der Waals surface area contributed by atoms with Gasteiger partial charge in [0.2, 0.25) is 5.91 Å². The summed E-state index contributed by atoms with van der Waals surface area (Å²) >= 11 is 1.69. The zero-order chi connectivity index (χ0) is 23.5. The number of nitrogens with one attached hydrogen (secondary N) is 1. The maximum atomic E-state index is 12.3. The number of aryl methyl sites for hydroxylation is 2. The third-order valence-electron chi connectivity index (χ3n) is 5.87. The van der Waals surface area contributed by atoms with E-state index in [1.54, 1.807) is 35.8 Å². The minimum absolute atomic E-state index is 0.0906. The van der Waals surface area contributed by atoms with Crippen molar-refractivity contribution in [2.75, 3.05) is 0 Å². The number of hydrogen-bond acceptors (Lipinski definition) is 6. The van der Waals surface area contributed by atoms with Crippen LogP contribution in [0.15, 0.2) is 35.4 Å². The van der Waals surface area contributed by atoms with Gasteiger partial charge in [-0.1, -0.05) is 18.2 Å². The number of amides is 1. The molecule has 3 aromatic rings. The highest BCUT2D eigenvalue weighted by Crippen LogP contribution is 2.38. The van der Waals surface area contributed by atoms with Crippen LogP contribution >= 0.6 is 11.3 Å². The molecule has 9 heteroatoms. The zero-order valence-electron chi connectivity index (χ0n) is 18.4. The van der Waals surface area contributed by atoms with Crippen LogP contribution in [0.5, 0.6) is 0 Å². The molecule has 0 aliphatic heterocycles. The van der Waals surface area contributed by atoms with Gasteiger partial charge in [0.05, 0.1) is 23.1 Å². The van der Waals surface area contributed by atoms with Crippen molar-refractivity contribution in [2.45, 2.75) is 46.0 Å². The van der Waals surface area contributed by atoms with E-state index in [1.807, 2.05) is 19.9 Å². The Balaban J connectivity index is 1.53. The summed E-state index contributed by atoms with van der Waals surface area (Å²) in [7, 11) is 0. The van der Waals surface area contributed by atoms with Crippen molar-refractivity contribution in [1.29, 1.82) is 5.26 Å². The second-order valence-electron chi connectivity index (χ2n) is 8.02. The number of aromatic nitrogens is 1. The van der Waals surface area contributed by atoms with Gasteiger partial charge >= 0.3 is 0 Å². The lowest BCUT2D eigenvalue weighted by atomic mass is 9.96. The lowest BCUT2D eigenvalue weighted by Gasteiger charge is -2.10. The average Bonchev–Trinajstić information content (AvgIpc) is 3.29. The van der Waals surface area contributed by atoms with Gasteiger partial charge in [0.15, 0.2) is 0 Å². The van der Waals surface area contributed by atoms with Gasteiger partial charge in [-0.25, -0.2) is 5.43 Å². The molecular weight excluding hydrogens is 438 g/mol. The summed E-state index contributed by atoms with van der Waals surface area (Å²) in [5.74, 6) is -0.438. The van der Waals surface area contributed by atoms with Gasteiger partial charge in [-0.05, 0) is 51.2 Å². The van der Waals surface area contributed by atoms with Crippen LogP contribution in [0.25, 0.3) is 5.00 Å². The first-order valence-electron chi connectivity index (χ1n) is 10.7. The molecule has 0 saturated heterocycles. The van der Waals surface area contributed by atoms with E-state index in [9.17, 15) is 20.2 Å². The van der Waals surface area contributed by atoms with Gasteiger partial charge in [-0.3, -0.25) is 14.9 Å². The monoisotopic (exact) mass is 461 g/mol. The number of nitriles is 1. The summed E-state index contributed by atoms with van der Waals surface area (Å²) in [6.07, 6.45) is 5.67. The van der Waals surface area contributed by atoms with Crippen molar-refractivity contribution < 1.29 is 9.72 Å². The number of hydrogen-bond donors (Lipinski definition) is 1. The quantitative estimate of drug-likeness (QED) is 0.330. The molecule has 1 aliphatic carbocycles. The fourth-order valence-corrected chi connectivity index (χ4v) is 5.73. The highest BCUT2D eigenvalue weighted by Gasteiger charge is 2.23. The molecule has 0 unspecified atom stereocenters. The van der Waals surface area contributed by atoms with Gasteiger partial charge in [0.25, 0.3) is 5.69 Å². The third kappa shape index (κ3) is 4.43. The van der Waals surface area contributed by atoms with Crippen LogP contribution in [-0.4, -0.2) is 21.6 Å². The second-order valence-corrected chi connectivity index (χ2v) is 9.10. The number of fused-ring (bicyclic) bond motifs is 1. The van der Waals surface area contributed by atoms with Gasteiger partial charge in [0, 0.05) is 33.5 Å². The standard InChI is InChI=1S/C24H23N5O3S/c1-15-11-18(14-26-27-23(30)12-17-7-3-5-9-21(17)29(31)32)16(2)28(15)24-20(13-25)19-8-4-6-10-22(19)33-24/h3,5,7,9,11,14H,4,6,8,10,12H2,1-2H3,(H,27,30)/b26-14+. The van der Waals surface area contributed by atoms with Gasteiger partial charge in [-0.2, -0.15) is 10.4 Å². The molecule has 33 heavy (non-hydrogen) atoms. The maximum Gasteiger partial charge on any atom is 0.273 e. The van der Waals surface area contributed by atoms with Gasteiger partial charge in [0.1, 0.15) is 11.1 Å². The smallest absolute Gasteiger partial charge is 0.273 e. The molecule has 0 fully saturated rings. The molecule has 2 heterocycles. The largest absolute Gasteiger partial charge is 0.308 e. The molecule has 1 amide bonds. The molecule has 4 rings (SSSR count). The Bertz CT molecular complexity index is 1310. The molecule has 0 saturated carbocycles. The molecule has 1 N–H and O–H groups in total. The average molecular weight is 462 g/mol. The van der Waals surface area contributed by atoms with Crippen LogP contribution in [0.3, 0.4) is 0 Å². The molecule has 0 radical (unpaired) electrons. The fraction of sp³-hybridized carbons (Fsp3) is 0.292. The van der Waals surface area contributed by atoms with Crippen LogP contribution in [0.1, 0.15) is 51.4 Å². The van der Waals surface area contributed by atoms with Crippen LogP contribution in [0, 0.1) is 35.3 Å².